The van der Waals surface area contributed by atoms with Crippen LogP contribution < -0.4 is 0 Å². The fourth-order valence-corrected chi connectivity index (χ4v) is 3.48. The van der Waals surface area contributed by atoms with Crippen molar-refractivity contribution in [3.63, 3.8) is 0 Å². The lowest BCUT2D eigenvalue weighted by molar-refractivity contribution is 0.319. The summed E-state index contributed by atoms with van der Waals surface area (Å²) in [6, 6.07) is 7.27. The van der Waals surface area contributed by atoms with Crippen LogP contribution in [-0.2, 0) is 0 Å². The van der Waals surface area contributed by atoms with Crippen molar-refractivity contribution in [2.24, 2.45) is 11.1 Å². The molecule has 100 valence electrons. The lowest BCUT2D eigenvalue weighted by Crippen LogP contribution is -2.01. The van der Waals surface area contributed by atoms with E-state index in [4.69, 9.17) is 0 Å². The molecular formula is C16H19NO2. The van der Waals surface area contributed by atoms with E-state index in [-0.39, 0.29) is 5.75 Å². The zero-order valence-electron chi connectivity index (χ0n) is 11.0. The molecule has 0 heterocycles. The van der Waals surface area contributed by atoms with Crippen molar-refractivity contribution in [1.29, 1.82) is 0 Å². The first kappa shape index (κ1) is 12.3. The predicted molar refractivity (Wildman–Crippen MR) is 75.4 cm³/mol. The molecule has 2 N–H and O–H groups in total. The van der Waals surface area contributed by atoms with Crippen molar-refractivity contribution in [2.45, 2.75) is 38.5 Å². The highest BCUT2D eigenvalue weighted by Crippen LogP contribution is 2.42. The molecule has 0 unspecified atom stereocenters. The van der Waals surface area contributed by atoms with Gasteiger partial charge in [0, 0.05) is 5.57 Å². The third-order valence-corrected chi connectivity index (χ3v) is 4.34. The van der Waals surface area contributed by atoms with Crippen LogP contribution in [0.5, 0.6) is 5.75 Å². The van der Waals surface area contributed by atoms with Gasteiger partial charge < -0.3 is 10.3 Å². The average molecular weight is 257 g/mol. The Morgan fingerprint density at radius 2 is 1.89 bits per heavy atom. The molecule has 0 radical (unpaired) electrons. The Kier molecular flexibility index (Phi) is 3.28. The summed E-state index contributed by atoms with van der Waals surface area (Å²) in [6.07, 6.45) is 6.90. The summed E-state index contributed by atoms with van der Waals surface area (Å²) in [5, 5.41) is 22.4. The smallest absolute Gasteiger partial charge is 0.116 e. The lowest BCUT2D eigenvalue weighted by Gasteiger charge is -2.14. The zero-order chi connectivity index (χ0) is 13.2. The van der Waals surface area contributed by atoms with Crippen LogP contribution in [0, 0.1) is 5.92 Å². The Morgan fingerprint density at radius 3 is 2.58 bits per heavy atom. The van der Waals surface area contributed by atoms with Crippen LogP contribution in [0.15, 0.2) is 35.0 Å². The third-order valence-electron chi connectivity index (χ3n) is 4.34. The maximum absolute atomic E-state index is 9.66. The number of allylic oxidation sites excluding steroid dienone is 2. The lowest BCUT2D eigenvalue weighted by atomic mass is 9.91. The van der Waals surface area contributed by atoms with Gasteiger partial charge in [0.1, 0.15) is 5.75 Å². The molecule has 0 saturated heterocycles. The minimum atomic E-state index is 0.264. The van der Waals surface area contributed by atoms with Gasteiger partial charge in [0.05, 0.1) is 5.71 Å². The number of hydrogen-bond acceptors (Lipinski definition) is 3. The zero-order valence-corrected chi connectivity index (χ0v) is 11.0. The Labute approximate surface area is 113 Å². The van der Waals surface area contributed by atoms with Crippen molar-refractivity contribution in [3.05, 3.63) is 35.4 Å². The Morgan fingerprint density at radius 1 is 1.11 bits per heavy atom. The number of benzene rings is 1. The Balaban J connectivity index is 2.07. The number of oxime groups is 1. The molecule has 0 spiro atoms. The van der Waals surface area contributed by atoms with E-state index in [0.29, 0.717) is 5.92 Å². The van der Waals surface area contributed by atoms with E-state index in [1.807, 2.05) is 12.1 Å². The molecule has 0 atom stereocenters. The van der Waals surface area contributed by atoms with E-state index in [1.165, 1.54) is 31.3 Å². The molecule has 2 aliphatic rings. The summed E-state index contributed by atoms with van der Waals surface area (Å²) in [5.41, 5.74) is 4.25. The highest BCUT2D eigenvalue weighted by molar-refractivity contribution is 6.26. The van der Waals surface area contributed by atoms with Crippen LogP contribution in [0.3, 0.4) is 0 Å². The topological polar surface area (TPSA) is 52.8 Å². The van der Waals surface area contributed by atoms with Crippen molar-refractivity contribution in [2.75, 3.05) is 0 Å². The van der Waals surface area contributed by atoms with Gasteiger partial charge in [-0.15, -0.1) is 0 Å². The standard InChI is InChI=1S/C16H19NO2/c18-13-7-3-6-12(10-13)16-14(8-9-15(16)17-19)11-4-1-2-5-11/h3,6-7,10-11,18-19H,1-2,4-5,8-9H2/b17-15-. The minimum Gasteiger partial charge on any atom is -0.508 e. The first-order valence-electron chi connectivity index (χ1n) is 7.03. The molecule has 0 bridgehead atoms. The number of hydrogen-bond donors (Lipinski definition) is 2. The van der Waals surface area contributed by atoms with Crippen LogP contribution in [0.1, 0.15) is 44.1 Å². The van der Waals surface area contributed by atoms with Crippen molar-refractivity contribution in [3.8, 4) is 5.75 Å². The summed E-state index contributed by atoms with van der Waals surface area (Å²) < 4.78 is 0. The Hall–Kier alpha value is -1.77. The van der Waals surface area contributed by atoms with Crippen molar-refractivity contribution < 1.29 is 10.3 Å². The van der Waals surface area contributed by atoms with Crippen LogP contribution in [0.25, 0.3) is 5.57 Å². The molecule has 1 aromatic carbocycles. The molecule has 3 heteroatoms. The fraction of sp³-hybridized carbons (Fsp3) is 0.438. The van der Waals surface area contributed by atoms with Crippen molar-refractivity contribution in [1.82, 2.24) is 0 Å². The molecule has 1 aromatic rings. The number of nitrogens with zero attached hydrogens (tertiary/aromatic N) is 1. The van der Waals surface area contributed by atoms with Gasteiger partial charge in [-0.1, -0.05) is 35.7 Å². The summed E-state index contributed by atoms with van der Waals surface area (Å²) in [4.78, 5) is 0. The third kappa shape index (κ3) is 2.25. The summed E-state index contributed by atoms with van der Waals surface area (Å²) in [6.45, 7) is 0. The van der Waals surface area contributed by atoms with E-state index in [1.54, 1.807) is 12.1 Å². The molecule has 0 amide bonds. The van der Waals surface area contributed by atoms with Gasteiger partial charge in [-0.05, 0) is 49.3 Å². The van der Waals surface area contributed by atoms with E-state index < -0.39 is 0 Å². The number of phenols is 1. The van der Waals surface area contributed by atoms with Crippen LogP contribution >= 0.6 is 0 Å². The molecule has 1 fully saturated rings. The Bertz CT molecular complexity index is 539. The van der Waals surface area contributed by atoms with Gasteiger partial charge in [0.15, 0.2) is 0 Å². The molecule has 3 nitrogen and oxygen atoms in total. The average Bonchev–Trinajstić information content (AvgIpc) is 3.07. The molecule has 3 rings (SSSR count). The van der Waals surface area contributed by atoms with Crippen molar-refractivity contribution >= 4 is 11.3 Å². The van der Waals surface area contributed by atoms with E-state index >= 15 is 0 Å². The monoisotopic (exact) mass is 257 g/mol. The maximum atomic E-state index is 9.66. The fourth-order valence-electron chi connectivity index (χ4n) is 3.48. The highest BCUT2D eigenvalue weighted by Gasteiger charge is 2.30. The maximum Gasteiger partial charge on any atom is 0.116 e. The summed E-state index contributed by atoms with van der Waals surface area (Å²) in [7, 11) is 0. The van der Waals surface area contributed by atoms with E-state index in [2.05, 4.69) is 5.16 Å². The summed E-state index contributed by atoms with van der Waals surface area (Å²) in [5.74, 6) is 0.900. The normalized spacial score (nSPS) is 22.6. The quantitative estimate of drug-likeness (QED) is 0.622. The first-order valence-corrected chi connectivity index (χ1v) is 7.03. The number of aromatic hydroxyl groups is 1. The van der Waals surface area contributed by atoms with Crippen LogP contribution in [-0.4, -0.2) is 16.0 Å². The second-order valence-corrected chi connectivity index (χ2v) is 5.48. The van der Waals surface area contributed by atoms with Crippen LogP contribution in [0.4, 0.5) is 0 Å². The molecule has 19 heavy (non-hydrogen) atoms. The molecule has 1 saturated carbocycles. The number of phenolic OH excluding ortho intramolecular Hbond substituents is 1. The van der Waals surface area contributed by atoms with Gasteiger partial charge >= 0.3 is 0 Å². The van der Waals surface area contributed by atoms with Gasteiger partial charge in [0.2, 0.25) is 0 Å². The molecular weight excluding hydrogens is 238 g/mol. The van der Waals surface area contributed by atoms with Gasteiger partial charge in [0.25, 0.3) is 0 Å². The van der Waals surface area contributed by atoms with E-state index in [0.717, 1.165) is 29.7 Å². The second kappa shape index (κ2) is 5.08. The SMILES string of the molecule is O/N=C1/CCC(C2CCCC2)=C1c1cccc(O)c1. The van der Waals surface area contributed by atoms with Gasteiger partial charge in [-0.3, -0.25) is 0 Å². The molecule has 2 aliphatic carbocycles. The minimum absolute atomic E-state index is 0.264. The van der Waals surface area contributed by atoms with Crippen LogP contribution in [0.2, 0.25) is 0 Å². The van der Waals surface area contributed by atoms with Gasteiger partial charge in [-0.25, -0.2) is 0 Å². The second-order valence-electron chi connectivity index (χ2n) is 5.48. The number of rotatable bonds is 2. The summed E-state index contributed by atoms with van der Waals surface area (Å²) >= 11 is 0. The molecule has 0 aliphatic heterocycles. The van der Waals surface area contributed by atoms with E-state index in [9.17, 15) is 10.3 Å². The largest absolute Gasteiger partial charge is 0.508 e. The first-order chi connectivity index (χ1) is 9.29. The predicted octanol–water partition coefficient (Wildman–Crippen LogP) is 3.96. The highest BCUT2D eigenvalue weighted by atomic mass is 16.4. The van der Waals surface area contributed by atoms with Gasteiger partial charge in [-0.2, -0.15) is 0 Å². The molecule has 0 aromatic heterocycles.